The van der Waals surface area contributed by atoms with E-state index in [4.69, 9.17) is 0 Å². The Kier molecular flexibility index (Phi) is 2.58. The molecule has 0 aromatic carbocycles. The first-order valence-electron chi connectivity index (χ1n) is 7.16. The fourth-order valence-electron chi connectivity index (χ4n) is 3.24. The van der Waals surface area contributed by atoms with E-state index in [0.717, 1.165) is 16.8 Å². The van der Waals surface area contributed by atoms with Gasteiger partial charge in [0.15, 0.2) is 0 Å². The molecule has 0 saturated heterocycles. The first-order chi connectivity index (χ1) is 9.83. The van der Waals surface area contributed by atoms with Crippen LogP contribution >= 0.6 is 0 Å². The van der Waals surface area contributed by atoms with Gasteiger partial charge in [0, 0.05) is 24.2 Å². The second-order valence-corrected chi connectivity index (χ2v) is 5.62. The van der Waals surface area contributed by atoms with Gasteiger partial charge in [-0.3, -0.25) is 9.67 Å². The minimum atomic E-state index is 0.536. The van der Waals surface area contributed by atoms with Crippen molar-refractivity contribution in [3.8, 4) is 11.3 Å². The van der Waals surface area contributed by atoms with E-state index in [1.807, 2.05) is 23.0 Å². The molecule has 1 fully saturated rings. The van der Waals surface area contributed by atoms with Crippen LogP contribution in [0, 0.1) is 5.92 Å². The van der Waals surface area contributed by atoms with Crippen LogP contribution in [0.4, 0.5) is 0 Å². The molecule has 0 bridgehead atoms. The van der Waals surface area contributed by atoms with Crippen LogP contribution in [0.1, 0.15) is 32.2 Å². The third kappa shape index (κ3) is 1.73. The lowest BCUT2D eigenvalue weighted by Gasteiger charge is -2.15. The number of rotatable bonds is 2. The van der Waals surface area contributed by atoms with Crippen LogP contribution < -0.4 is 0 Å². The molecule has 102 valence electrons. The molecule has 3 heterocycles. The summed E-state index contributed by atoms with van der Waals surface area (Å²) in [5.41, 5.74) is 3.03. The molecule has 5 heteroatoms. The molecule has 3 aromatic heterocycles. The summed E-state index contributed by atoms with van der Waals surface area (Å²) in [5.74, 6) is 0.710. The first-order valence-corrected chi connectivity index (χ1v) is 7.16. The molecule has 1 aliphatic rings. The van der Waals surface area contributed by atoms with Gasteiger partial charge in [-0.25, -0.2) is 4.52 Å². The van der Waals surface area contributed by atoms with Crippen molar-refractivity contribution in [1.29, 1.82) is 0 Å². The van der Waals surface area contributed by atoms with E-state index in [1.54, 1.807) is 12.4 Å². The highest BCUT2D eigenvalue weighted by Gasteiger charge is 2.25. The summed E-state index contributed by atoms with van der Waals surface area (Å²) in [6.45, 7) is 2.31. The quantitative estimate of drug-likeness (QED) is 0.717. The van der Waals surface area contributed by atoms with Crippen molar-refractivity contribution in [2.45, 2.75) is 32.2 Å². The van der Waals surface area contributed by atoms with Gasteiger partial charge in [-0.2, -0.15) is 10.2 Å². The molecule has 0 spiro atoms. The Morgan fingerprint density at radius 2 is 2.15 bits per heavy atom. The summed E-state index contributed by atoms with van der Waals surface area (Å²) in [6, 6.07) is 2.52. The van der Waals surface area contributed by atoms with Crippen molar-refractivity contribution in [2.75, 3.05) is 0 Å². The van der Waals surface area contributed by atoms with Crippen LogP contribution in [0.3, 0.4) is 0 Å². The van der Waals surface area contributed by atoms with E-state index in [0.29, 0.717) is 12.0 Å². The Bertz CT molecular complexity index is 741. The number of nitrogens with zero attached hydrogens (tertiary/aromatic N) is 5. The lowest BCUT2D eigenvalue weighted by molar-refractivity contribution is 0.375. The molecule has 3 aromatic rings. The van der Waals surface area contributed by atoms with E-state index >= 15 is 0 Å². The molecule has 0 amide bonds. The van der Waals surface area contributed by atoms with E-state index in [9.17, 15) is 0 Å². The molecule has 5 nitrogen and oxygen atoms in total. The molecule has 0 radical (unpaired) electrons. The van der Waals surface area contributed by atoms with Gasteiger partial charge in [-0.05, 0) is 24.8 Å². The van der Waals surface area contributed by atoms with Gasteiger partial charge < -0.3 is 0 Å². The van der Waals surface area contributed by atoms with Crippen LogP contribution in [0.5, 0.6) is 0 Å². The van der Waals surface area contributed by atoms with Gasteiger partial charge in [0.2, 0.25) is 0 Å². The minimum Gasteiger partial charge on any atom is -0.269 e. The smallest absolute Gasteiger partial charge is 0.0991 e. The zero-order chi connectivity index (χ0) is 13.5. The van der Waals surface area contributed by atoms with E-state index in [2.05, 4.69) is 33.0 Å². The van der Waals surface area contributed by atoms with Gasteiger partial charge in [0.05, 0.1) is 29.6 Å². The highest BCUT2D eigenvalue weighted by molar-refractivity contribution is 5.75. The first kappa shape index (κ1) is 11.6. The number of hydrogen-bond donors (Lipinski definition) is 0. The highest BCUT2D eigenvalue weighted by Crippen LogP contribution is 2.35. The molecule has 20 heavy (non-hydrogen) atoms. The molecule has 0 N–H and O–H groups in total. The Morgan fingerprint density at radius 1 is 1.20 bits per heavy atom. The predicted molar refractivity (Wildman–Crippen MR) is 76.3 cm³/mol. The lowest BCUT2D eigenvalue weighted by Crippen LogP contribution is -2.11. The van der Waals surface area contributed by atoms with Crippen molar-refractivity contribution in [2.24, 2.45) is 5.92 Å². The third-order valence-corrected chi connectivity index (χ3v) is 4.36. The number of hydrogen-bond acceptors (Lipinski definition) is 3. The molecular weight excluding hydrogens is 250 g/mol. The van der Waals surface area contributed by atoms with Gasteiger partial charge in [-0.1, -0.05) is 13.3 Å². The summed E-state index contributed by atoms with van der Waals surface area (Å²) in [7, 11) is 0. The van der Waals surface area contributed by atoms with Gasteiger partial charge in [0.1, 0.15) is 0 Å². The summed E-state index contributed by atoms with van der Waals surface area (Å²) in [6.07, 6.45) is 13.3. The van der Waals surface area contributed by atoms with Crippen molar-refractivity contribution in [1.82, 2.24) is 24.4 Å². The van der Waals surface area contributed by atoms with Crippen LogP contribution in [-0.2, 0) is 0 Å². The summed E-state index contributed by atoms with van der Waals surface area (Å²) in [4.78, 5) is 4.49. The Morgan fingerprint density at radius 3 is 3.00 bits per heavy atom. The lowest BCUT2D eigenvalue weighted by atomic mass is 10.1. The Labute approximate surface area is 117 Å². The Balaban J connectivity index is 1.76. The van der Waals surface area contributed by atoms with Gasteiger partial charge >= 0.3 is 0 Å². The standard InChI is InChI=1S/C15H17N5/c1-11-3-2-4-13(11)20-10-12(9-18-20)15-14-5-6-17-19(14)8-7-16-15/h5-11,13H,2-4H2,1H3/t11-,13+/m0/s1. The second-order valence-electron chi connectivity index (χ2n) is 5.62. The fraction of sp³-hybridized carbons (Fsp3) is 0.400. The fourth-order valence-corrected chi connectivity index (χ4v) is 3.24. The highest BCUT2D eigenvalue weighted by atomic mass is 15.3. The average Bonchev–Trinajstić information content (AvgIpc) is 3.17. The molecule has 4 rings (SSSR count). The van der Waals surface area contributed by atoms with Crippen LogP contribution in [0.2, 0.25) is 0 Å². The number of aromatic nitrogens is 5. The average molecular weight is 267 g/mol. The maximum Gasteiger partial charge on any atom is 0.0991 e. The molecule has 0 unspecified atom stereocenters. The van der Waals surface area contributed by atoms with Crippen LogP contribution in [-0.4, -0.2) is 24.4 Å². The van der Waals surface area contributed by atoms with Crippen LogP contribution in [0.15, 0.2) is 37.1 Å². The zero-order valence-electron chi connectivity index (χ0n) is 11.5. The zero-order valence-corrected chi connectivity index (χ0v) is 11.5. The molecule has 1 aliphatic carbocycles. The maximum atomic E-state index is 4.56. The van der Waals surface area contributed by atoms with Gasteiger partial charge in [-0.15, -0.1) is 0 Å². The molecule has 2 atom stereocenters. The van der Waals surface area contributed by atoms with Crippen molar-refractivity contribution in [3.05, 3.63) is 37.1 Å². The summed E-state index contributed by atoms with van der Waals surface area (Å²) >= 11 is 0. The monoisotopic (exact) mass is 267 g/mol. The minimum absolute atomic E-state index is 0.536. The van der Waals surface area contributed by atoms with Crippen molar-refractivity contribution in [3.63, 3.8) is 0 Å². The third-order valence-electron chi connectivity index (χ3n) is 4.36. The topological polar surface area (TPSA) is 48.0 Å². The summed E-state index contributed by atoms with van der Waals surface area (Å²) < 4.78 is 3.96. The molecular formula is C15H17N5. The van der Waals surface area contributed by atoms with E-state index < -0.39 is 0 Å². The predicted octanol–water partition coefficient (Wildman–Crippen LogP) is 2.95. The number of fused-ring (bicyclic) bond motifs is 1. The molecule has 0 aliphatic heterocycles. The van der Waals surface area contributed by atoms with Gasteiger partial charge in [0.25, 0.3) is 0 Å². The van der Waals surface area contributed by atoms with Crippen molar-refractivity contribution < 1.29 is 0 Å². The largest absolute Gasteiger partial charge is 0.269 e. The second kappa shape index (κ2) is 4.44. The van der Waals surface area contributed by atoms with E-state index in [1.165, 1.54) is 19.3 Å². The normalized spacial score (nSPS) is 22.6. The molecule has 1 saturated carbocycles. The summed E-state index contributed by atoms with van der Waals surface area (Å²) in [5, 5.41) is 8.81. The van der Waals surface area contributed by atoms with Crippen LogP contribution in [0.25, 0.3) is 16.8 Å². The maximum absolute atomic E-state index is 4.56. The van der Waals surface area contributed by atoms with Crippen molar-refractivity contribution >= 4 is 5.52 Å². The SMILES string of the molecule is C[C@H]1CCC[C@H]1n1cc(-c2nccn3nccc23)cn1. The van der Waals surface area contributed by atoms with E-state index in [-0.39, 0.29) is 0 Å². The Hall–Kier alpha value is -2.17.